The average Bonchev–Trinajstić information content (AvgIpc) is 2.59. The Morgan fingerprint density at radius 2 is 2.23 bits per heavy atom. The van der Waals surface area contributed by atoms with Crippen LogP contribution in [0.3, 0.4) is 0 Å². The van der Waals surface area contributed by atoms with E-state index < -0.39 is 6.10 Å². The summed E-state index contributed by atoms with van der Waals surface area (Å²) in [5.74, 6) is -0.323. The van der Waals surface area contributed by atoms with Gasteiger partial charge < -0.3 is 25.4 Å². The summed E-state index contributed by atoms with van der Waals surface area (Å²) in [6.07, 6.45) is 0.437. The van der Waals surface area contributed by atoms with Crippen LogP contribution in [0.15, 0.2) is 24.3 Å². The Labute approximate surface area is 131 Å². The highest BCUT2D eigenvalue weighted by Gasteiger charge is 2.27. The van der Waals surface area contributed by atoms with Crippen LogP contribution in [0.2, 0.25) is 0 Å². The van der Waals surface area contributed by atoms with Gasteiger partial charge in [-0.2, -0.15) is 0 Å². The average molecular weight is 307 g/mol. The van der Waals surface area contributed by atoms with Gasteiger partial charge in [-0.15, -0.1) is 0 Å². The highest BCUT2D eigenvalue weighted by molar-refractivity contribution is 5.75. The molecule has 122 valence electrons. The molecular formula is C16H25N3O3. The van der Waals surface area contributed by atoms with Gasteiger partial charge in [-0.25, -0.2) is 4.79 Å². The molecule has 1 heterocycles. The standard InChI is InChI=1S/C16H25N3O3/c1-3-12(17)10-18-13-4-6-14(7-5-13)19-8-9-22-15(11-19)16(20)21-2/h4-7,12,15,18H,3,8-11,17H2,1-2H3/t12-,15?/m0/s1. The summed E-state index contributed by atoms with van der Waals surface area (Å²) in [6, 6.07) is 8.30. The molecule has 6 heteroatoms. The third-order valence-electron chi connectivity index (χ3n) is 3.86. The molecule has 1 unspecified atom stereocenters. The number of nitrogens with one attached hydrogen (secondary N) is 1. The normalized spacial score (nSPS) is 19.6. The van der Waals surface area contributed by atoms with Crippen molar-refractivity contribution in [3.63, 3.8) is 0 Å². The van der Waals surface area contributed by atoms with Crippen LogP contribution in [-0.2, 0) is 14.3 Å². The Balaban J connectivity index is 1.93. The van der Waals surface area contributed by atoms with E-state index in [0.29, 0.717) is 13.2 Å². The van der Waals surface area contributed by atoms with E-state index in [0.717, 1.165) is 30.9 Å². The molecule has 3 N–H and O–H groups in total. The maximum Gasteiger partial charge on any atom is 0.336 e. The van der Waals surface area contributed by atoms with Gasteiger partial charge in [0.15, 0.2) is 6.10 Å². The Morgan fingerprint density at radius 3 is 2.86 bits per heavy atom. The van der Waals surface area contributed by atoms with Crippen molar-refractivity contribution in [1.82, 2.24) is 0 Å². The van der Waals surface area contributed by atoms with Crippen molar-refractivity contribution < 1.29 is 14.3 Å². The molecule has 1 saturated heterocycles. The maximum absolute atomic E-state index is 11.6. The second kappa shape index (κ2) is 8.00. The van der Waals surface area contributed by atoms with E-state index in [4.69, 9.17) is 15.2 Å². The minimum absolute atomic E-state index is 0.166. The van der Waals surface area contributed by atoms with Gasteiger partial charge in [0.1, 0.15) is 0 Å². The number of nitrogens with zero attached hydrogens (tertiary/aromatic N) is 1. The van der Waals surface area contributed by atoms with Crippen molar-refractivity contribution in [2.24, 2.45) is 5.73 Å². The van der Waals surface area contributed by atoms with Crippen LogP contribution >= 0.6 is 0 Å². The van der Waals surface area contributed by atoms with Crippen LogP contribution in [0, 0.1) is 0 Å². The predicted molar refractivity (Wildman–Crippen MR) is 87.2 cm³/mol. The number of rotatable bonds is 6. The third-order valence-corrected chi connectivity index (χ3v) is 3.86. The van der Waals surface area contributed by atoms with Crippen LogP contribution in [-0.4, -0.2) is 51.5 Å². The van der Waals surface area contributed by atoms with Crippen LogP contribution in [0.4, 0.5) is 11.4 Å². The Bertz CT molecular complexity index is 478. The van der Waals surface area contributed by atoms with Gasteiger partial charge in [-0.1, -0.05) is 6.92 Å². The zero-order chi connectivity index (χ0) is 15.9. The van der Waals surface area contributed by atoms with Crippen LogP contribution in [0.25, 0.3) is 0 Å². The van der Waals surface area contributed by atoms with Gasteiger partial charge in [0.25, 0.3) is 0 Å². The SMILES string of the molecule is CC[C@H](N)CNc1ccc(N2CCOC(C(=O)OC)C2)cc1. The molecule has 6 nitrogen and oxygen atoms in total. The first-order valence-corrected chi connectivity index (χ1v) is 7.68. The number of anilines is 2. The summed E-state index contributed by atoms with van der Waals surface area (Å²) >= 11 is 0. The number of esters is 1. The van der Waals surface area contributed by atoms with E-state index in [1.54, 1.807) is 0 Å². The highest BCUT2D eigenvalue weighted by atomic mass is 16.6. The van der Waals surface area contributed by atoms with Crippen molar-refractivity contribution in [2.75, 3.05) is 43.6 Å². The minimum atomic E-state index is -0.515. The molecule has 1 fully saturated rings. The van der Waals surface area contributed by atoms with Crippen LogP contribution < -0.4 is 16.0 Å². The Hall–Kier alpha value is -1.79. The van der Waals surface area contributed by atoms with Crippen molar-refractivity contribution >= 4 is 17.3 Å². The van der Waals surface area contributed by atoms with Gasteiger partial charge in [-0.3, -0.25) is 0 Å². The van der Waals surface area contributed by atoms with E-state index in [1.807, 2.05) is 24.3 Å². The van der Waals surface area contributed by atoms with Gasteiger partial charge in [0.05, 0.1) is 20.3 Å². The number of hydrogen-bond donors (Lipinski definition) is 2. The lowest BCUT2D eigenvalue weighted by Gasteiger charge is -2.33. The molecule has 2 rings (SSSR count). The van der Waals surface area contributed by atoms with Crippen molar-refractivity contribution in [3.8, 4) is 0 Å². The molecule has 1 aromatic carbocycles. The lowest BCUT2D eigenvalue weighted by Crippen LogP contribution is -2.46. The second-order valence-electron chi connectivity index (χ2n) is 5.42. The zero-order valence-electron chi connectivity index (χ0n) is 13.2. The highest BCUT2D eigenvalue weighted by Crippen LogP contribution is 2.20. The molecule has 0 radical (unpaired) electrons. The molecule has 0 aromatic heterocycles. The van der Waals surface area contributed by atoms with Crippen LogP contribution in [0.1, 0.15) is 13.3 Å². The van der Waals surface area contributed by atoms with Crippen molar-refractivity contribution in [2.45, 2.75) is 25.5 Å². The smallest absolute Gasteiger partial charge is 0.336 e. The van der Waals surface area contributed by atoms with E-state index in [2.05, 4.69) is 17.1 Å². The summed E-state index contributed by atoms with van der Waals surface area (Å²) in [5.41, 5.74) is 8.01. The van der Waals surface area contributed by atoms with Gasteiger partial charge in [0.2, 0.25) is 0 Å². The number of carbonyl (C=O) groups excluding carboxylic acids is 1. The number of morpholine rings is 1. The van der Waals surface area contributed by atoms with Gasteiger partial charge in [0, 0.05) is 30.5 Å². The number of hydrogen-bond acceptors (Lipinski definition) is 6. The fourth-order valence-corrected chi connectivity index (χ4v) is 2.34. The van der Waals surface area contributed by atoms with E-state index >= 15 is 0 Å². The third kappa shape index (κ3) is 4.35. The number of carbonyl (C=O) groups is 1. The largest absolute Gasteiger partial charge is 0.467 e. The first-order chi connectivity index (χ1) is 10.6. The van der Waals surface area contributed by atoms with Crippen molar-refractivity contribution in [3.05, 3.63) is 24.3 Å². The van der Waals surface area contributed by atoms with Gasteiger partial charge in [-0.05, 0) is 30.7 Å². The molecule has 0 bridgehead atoms. The maximum atomic E-state index is 11.6. The van der Waals surface area contributed by atoms with Gasteiger partial charge >= 0.3 is 5.97 Å². The summed E-state index contributed by atoms with van der Waals surface area (Å²) in [4.78, 5) is 13.7. The summed E-state index contributed by atoms with van der Waals surface area (Å²) < 4.78 is 10.2. The first-order valence-electron chi connectivity index (χ1n) is 7.68. The quantitative estimate of drug-likeness (QED) is 0.770. The Kier molecular flexibility index (Phi) is 6.03. The topological polar surface area (TPSA) is 76.8 Å². The summed E-state index contributed by atoms with van der Waals surface area (Å²) in [5, 5.41) is 3.32. The lowest BCUT2D eigenvalue weighted by molar-refractivity contribution is -0.154. The molecule has 1 aromatic rings. The zero-order valence-corrected chi connectivity index (χ0v) is 13.2. The molecule has 2 atom stereocenters. The molecule has 0 spiro atoms. The molecule has 0 aliphatic carbocycles. The van der Waals surface area contributed by atoms with E-state index in [1.165, 1.54) is 7.11 Å². The summed E-state index contributed by atoms with van der Waals surface area (Å²) in [7, 11) is 1.38. The number of methoxy groups -OCH3 is 1. The number of benzene rings is 1. The van der Waals surface area contributed by atoms with Crippen molar-refractivity contribution in [1.29, 1.82) is 0 Å². The molecule has 1 aliphatic heterocycles. The molecule has 1 aliphatic rings. The fraction of sp³-hybridized carbons (Fsp3) is 0.562. The van der Waals surface area contributed by atoms with E-state index in [9.17, 15) is 4.79 Å². The minimum Gasteiger partial charge on any atom is -0.467 e. The molecular weight excluding hydrogens is 282 g/mol. The Morgan fingerprint density at radius 1 is 1.50 bits per heavy atom. The van der Waals surface area contributed by atoms with Crippen LogP contribution in [0.5, 0.6) is 0 Å². The predicted octanol–water partition coefficient (Wildman–Crippen LogP) is 1.21. The first kappa shape index (κ1) is 16.6. The number of ether oxygens (including phenoxy) is 2. The summed E-state index contributed by atoms with van der Waals surface area (Å²) in [6.45, 7) is 4.63. The fourth-order valence-electron chi connectivity index (χ4n) is 2.34. The molecule has 0 saturated carbocycles. The number of nitrogens with two attached hydrogens (primary N) is 1. The molecule has 22 heavy (non-hydrogen) atoms. The second-order valence-corrected chi connectivity index (χ2v) is 5.42. The van der Waals surface area contributed by atoms with E-state index in [-0.39, 0.29) is 12.0 Å². The molecule has 0 amide bonds. The monoisotopic (exact) mass is 307 g/mol. The lowest BCUT2D eigenvalue weighted by atomic mass is 10.2.